The lowest BCUT2D eigenvalue weighted by atomic mass is 10.1. The van der Waals surface area contributed by atoms with E-state index >= 15 is 0 Å². The van der Waals surface area contributed by atoms with E-state index in [4.69, 9.17) is 5.11 Å². The molecular weight excluding hydrogens is 348 g/mol. The predicted molar refractivity (Wildman–Crippen MR) is 98.3 cm³/mol. The van der Waals surface area contributed by atoms with Crippen LogP contribution >= 0.6 is 0 Å². The van der Waals surface area contributed by atoms with E-state index < -0.39 is 23.5 Å². The third kappa shape index (κ3) is 4.17. The van der Waals surface area contributed by atoms with Crippen LogP contribution in [-0.4, -0.2) is 38.5 Å². The van der Waals surface area contributed by atoms with Gasteiger partial charge in [-0.25, -0.2) is 0 Å². The number of rotatable bonds is 7. The van der Waals surface area contributed by atoms with Crippen molar-refractivity contribution in [2.24, 2.45) is 0 Å². The molecule has 0 aliphatic heterocycles. The molecule has 1 heterocycles. The first kappa shape index (κ1) is 18.2. The van der Waals surface area contributed by atoms with E-state index in [1.54, 1.807) is 54.6 Å². The number of amides is 1. The number of carbonyl (C=O) groups excluding carboxylic acids is 1. The van der Waals surface area contributed by atoms with Crippen LogP contribution in [0.3, 0.4) is 0 Å². The highest BCUT2D eigenvalue weighted by Crippen LogP contribution is 2.17. The first-order valence-electron chi connectivity index (χ1n) is 8.46. The number of carbonyl (C=O) groups is 2. The van der Waals surface area contributed by atoms with E-state index in [1.165, 1.54) is 0 Å². The van der Waals surface area contributed by atoms with Gasteiger partial charge in [0.1, 0.15) is 5.52 Å². The quantitative estimate of drug-likeness (QED) is 0.610. The van der Waals surface area contributed by atoms with Gasteiger partial charge in [-0.15, -0.1) is 5.10 Å². The molecule has 1 amide bonds. The second kappa shape index (κ2) is 8.22. The van der Waals surface area contributed by atoms with E-state index in [0.717, 1.165) is 4.68 Å². The summed E-state index contributed by atoms with van der Waals surface area (Å²) in [6.07, 6.45) is 0.243. The van der Waals surface area contributed by atoms with Crippen LogP contribution in [0, 0.1) is 0 Å². The summed E-state index contributed by atoms with van der Waals surface area (Å²) in [4.78, 5) is 36.3. The first-order valence-corrected chi connectivity index (χ1v) is 8.46. The number of aliphatic carboxylic acids is 1. The predicted octanol–water partition coefficient (Wildman–Crippen LogP) is 1.36. The zero-order valence-corrected chi connectivity index (χ0v) is 14.4. The minimum absolute atomic E-state index is 0.0496. The Hall–Kier alpha value is -3.55. The summed E-state index contributed by atoms with van der Waals surface area (Å²) >= 11 is 0. The molecule has 0 radical (unpaired) electrons. The molecule has 0 saturated carbocycles. The van der Waals surface area contributed by atoms with Crippen molar-refractivity contribution in [2.45, 2.75) is 18.9 Å². The fourth-order valence-corrected chi connectivity index (χ4v) is 2.76. The van der Waals surface area contributed by atoms with Crippen molar-refractivity contribution in [2.75, 3.05) is 6.54 Å². The molecule has 8 nitrogen and oxygen atoms in total. The van der Waals surface area contributed by atoms with Crippen molar-refractivity contribution < 1.29 is 14.7 Å². The maximum Gasteiger partial charge on any atom is 0.303 e. The molecule has 2 aromatic carbocycles. The molecule has 1 aromatic heterocycles. The number of aromatic nitrogens is 3. The number of nitrogens with zero attached hydrogens (tertiary/aromatic N) is 3. The van der Waals surface area contributed by atoms with Crippen LogP contribution in [0.5, 0.6) is 0 Å². The van der Waals surface area contributed by atoms with Crippen molar-refractivity contribution in [3.63, 3.8) is 0 Å². The number of benzene rings is 2. The Kier molecular flexibility index (Phi) is 5.55. The summed E-state index contributed by atoms with van der Waals surface area (Å²) in [7, 11) is 0. The molecular formula is C19H18N4O4. The van der Waals surface area contributed by atoms with Crippen molar-refractivity contribution in [3.05, 3.63) is 70.5 Å². The number of carboxylic acid groups (broad SMARTS) is 1. The van der Waals surface area contributed by atoms with Gasteiger partial charge in [0.25, 0.3) is 5.56 Å². The summed E-state index contributed by atoms with van der Waals surface area (Å²) in [5, 5.41) is 19.8. The summed E-state index contributed by atoms with van der Waals surface area (Å²) in [6.45, 7) is 0.185. The zero-order valence-electron chi connectivity index (χ0n) is 14.4. The first-order chi connectivity index (χ1) is 13.1. The fourth-order valence-electron chi connectivity index (χ4n) is 2.76. The smallest absolute Gasteiger partial charge is 0.303 e. The number of hydrogen-bond donors (Lipinski definition) is 2. The van der Waals surface area contributed by atoms with Gasteiger partial charge in [0.2, 0.25) is 5.91 Å². The molecule has 3 aromatic rings. The van der Waals surface area contributed by atoms with Gasteiger partial charge < -0.3 is 10.4 Å². The van der Waals surface area contributed by atoms with E-state index in [2.05, 4.69) is 15.6 Å². The highest BCUT2D eigenvalue weighted by atomic mass is 16.4. The summed E-state index contributed by atoms with van der Waals surface area (Å²) in [6, 6.07) is 14.6. The molecule has 0 spiro atoms. The van der Waals surface area contributed by atoms with Crippen LogP contribution in [0.15, 0.2) is 59.4 Å². The maximum atomic E-state index is 12.9. The standard InChI is InChI=1S/C19H18N4O4/c24-16(25)11-6-12-20-18(26)17(13-7-2-1-3-8-13)23-19(27)14-9-4-5-10-15(14)21-22-23/h1-5,7-10,17H,6,11-12H2,(H,20,26)(H,24,25). The van der Waals surface area contributed by atoms with Crippen LogP contribution < -0.4 is 10.9 Å². The van der Waals surface area contributed by atoms with Gasteiger partial charge in [-0.1, -0.05) is 47.7 Å². The van der Waals surface area contributed by atoms with Gasteiger partial charge in [0, 0.05) is 13.0 Å². The van der Waals surface area contributed by atoms with Crippen molar-refractivity contribution in [1.29, 1.82) is 0 Å². The fraction of sp³-hybridized carbons (Fsp3) is 0.211. The Morgan fingerprint density at radius 2 is 1.78 bits per heavy atom. The molecule has 0 saturated heterocycles. The third-order valence-electron chi connectivity index (χ3n) is 4.07. The second-order valence-electron chi connectivity index (χ2n) is 5.96. The SMILES string of the molecule is O=C(O)CCCNC(=O)C(c1ccccc1)n1nnc2ccccc2c1=O. The van der Waals surface area contributed by atoms with Gasteiger partial charge in [-0.2, -0.15) is 4.68 Å². The lowest BCUT2D eigenvalue weighted by Crippen LogP contribution is -2.40. The Morgan fingerprint density at radius 1 is 1.07 bits per heavy atom. The van der Waals surface area contributed by atoms with Crippen LogP contribution in [0.2, 0.25) is 0 Å². The topological polar surface area (TPSA) is 114 Å². The number of nitrogens with one attached hydrogen (secondary N) is 1. The van der Waals surface area contributed by atoms with Crippen molar-refractivity contribution in [1.82, 2.24) is 20.3 Å². The lowest BCUT2D eigenvalue weighted by molar-refractivity contribution is -0.137. The molecule has 0 bridgehead atoms. The third-order valence-corrected chi connectivity index (χ3v) is 4.07. The van der Waals surface area contributed by atoms with Gasteiger partial charge in [0.15, 0.2) is 6.04 Å². The lowest BCUT2D eigenvalue weighted by Gasteiger charge is -2.18. The van der Waals surface area contributed by atoms with Gasteiger partial charge >= 0.3 is 5.97 Å². The van der Waals surface area contributed by atoms with Crippen LogP contribution in [0.1, 0.15) is 24.4 Å². The molecule has 0 fully saturated rings. The average molecular weight is 366 g/mol. The second-order valence-corrected chi connectivity index (χ2v) is 5.96. The molecule has 3 rings (SSSR count). The Morgan fingerprint density at radius 3 is 2.52 bits per heavy atom. The summed E-state index contributed by atoms with van der Waals surface area (Å²) in [5.74, 6) is -1.38. The highest BCUT2D eigenvalue weighted by Gasteiger charge is 2.25. The zero-order chi connectivity index (χ0) is 19.2. The monoisotopic (exact) mass is 366 g/mol. The highest BCUT2D eigenvalue weighted by molar-refractivity contribution is 5.84. The molecule has 0 aliphatic carbocycles. The van der Waals surface area contributed by atoms with E-state index in [1.807, 2.05) is 0 Å². The Labute approximate surface area is 154 Å². The molecule has 138 valence electrons. The van der Waals surface area contributed by atoms with Crippen LogP contribution in [0.25, 0.3) is 10.9 Å². The van der Waals surface area contributed by atoms with Crippen molar-refractivity contribution >= 4 is 22.8 Å². The molecule has 1 unspecified atom stereocenters. The molecule has 27 heavy (non-hydrogen) atoms. The van der Waals surface area contributed by atoms with E-state index in [9.17, 15) is 14.4 Å². The van der Waals surface area contributed by atoms with Gasteiger partial charge in [-0.05, 0) is 24.1 Å². The Balaban J connectivity index is 1.96. The van der Waals surface area contributed by atoms with Gasteiger partial charge in [-0.3, -0.25) is 14.4 Å². The average Bonchev–Trinajstić information content (AvgIpc) is 2.68. The Bertz CT molecular complexity index is 1020. The number of hydrogen-bond acceptors (Lipinski definition) is 5. The van der Waals surface area contributed by atoms with Crippen LogP contribution in [-0.2, 0) is 9.59 Å². The summed E-state index contributed by atoms with van der Waals surface area (Å²) < 4.78 is 1.06. The summed E-state index contributed by atoms with van der Waals surface area (Å²) in [5.41, 5.74) is 0.613. The van der Waals surface area contributed by atoms with Crippen LogP contribution in [0.4, 0.5) is 0 Å². The maximum absolute atomic E-state index is 12.9. The molecule has 2 N–H and O–H groups in total. The normalized spacial score (nSPS) is 11.9. The van der Waals surface area contributed by atoms with Gasteiger partial charge in [0.05, 0.1) is 5.39 Å². The molecule has 8 heteroatoms. The number of carboxylic acids is 1. The minimum Gasteiger partial charge on any atom is -0.481 e. The largest absolute Gasteiger partial charge is 0.481 e. The van der Waals surface area contributed by atoms with E-state index in [-0.39, 0.29) is 13.0 Å². The molecule has 0 aliphatic rings. The molecule has 1 atom stereocenters. The number of fused-ring (bicyclic) bond motifs is 1. The minimum atomic E-state index is -0.999. The van der Waals surface area contributed by atoms with Crippen molar-refractivity contribution in [3.8, 4) is 0 Å². The van der Waals surface area contributed by atoms with E-state index in [0.29, 0.717) is 22.9 Å².